The van der Waals surface area contributed by atoms with E-state index in [1.165, 1.54) is 17.6 Å². The topological polar surface area (TPSA) is 51.0 Å². The van der Waals surface area contributed by atoms with Crippen LogP contribution in [0.4, 0.5) is 4.39 Å². The third-order valence-corrected chi connectivity index (χ3v) is 3.40. The SMILES string of the molecule is CCNC(c1csnn1)c1cc2cccc(F)c2o1. The third kappa shape index (κ3) is 2.24. The van der Waals surface area contributed by atoms with Gasteiger partial charge in [-0.3, -0.25) is 0 Å². The van der Waals surface area contributed by atoms with E-state index >= 15 is 0 Å². The average Bonchev–Trinajstić information content (AvgIpc) is 3.05. The molecule has 1 N–H and O–H groups in total. The van der Waals surface area contributed by atoms with Crippen molar-refractivity contribution in [2.75, 3.05) is 6.54 Å². The molecule has 0 radical (unpaired) electrons. The molecule has 1 aromatic carbocycles. The highest BCUT2D eigenvalue weighted by atomic mass is 32.1. The molecule has 0 aliphatic carbocycles. The summed E-state index contributed by atoms with van der Waals surface area (Å²) in [6.45, 7) is 2.75. The van der Waals surface area contributed by atoms with Gasteiger partial charge in [0, 0.05) is 10.8 Å². The first-order valence-electron chi connectivity index (χ1n) is 5.98. The lowest BCUT2D eigenvalue weighted by atomic mass is 10.1. The Morgan fingerprint density at radius 3 is 3.05 bits per heavy atom. The Hall–Kier alpha value is -1.79. The minimum Gasteiger partial charge on any atom is -0.456 e. The Balaban J connectivity index is 2.08. The van der Waals surface area contributed by atoms with Crippen molar-refractivity contribution < 1.29 is 8.81 Å². The lowest BCUT2D eigenvalue weighted by Gasteiger charge is -2.11. The van der Waals surface area contributed by atoms with Gasteiger partial charge in [-0.05, 0) is 30.2 Å². The smallest absolute Gasteiger partial charge is 0.169 e. The minimum atomic E-state index is -0.351. The molecule has 0 bridgehead atoms. The van der Waals surface area contributed by atoms with E-state index < -0.39 is 0 Å². The van der Waals surface area contributed by atoms with Gasteiger partial charge >= 0.3 is 0 Å². The number of furan rings is 1. The molecule has 2 aromatic heterocycles. The lowest BCUT2D eigenvalue weighted by Crippen LogP contribution is -2.21. The molecule has 0 aliphatic rings. The normalized spacial score (nSPS) is 12.9. The van der Waals surface area contributed by atoms with E-state index in [1.54, 1.807) is 6.07 Å². The van der Waals surface area contributed by atoms with E-state index in [-0.39, 0.29) is 17.4 Å². The van der Waals surface area contributed by atoms with Crippen molar-refractivity contribution in [2.24, 2.45) is 0 Å². The molecule has 1 atom stereocenters. The second kappa shape index (κ2) is 5.07. The number of hydrogen-bond donors (Lipinski definition) is 1. The quantitative estimate of drug-likeness (QED) is 0.796. The molecule has 98 valence electrons. The zero-order valence-corrected chi connectivity index (χ0v) is 11.1. The van der Waals surface area contributed by atoms with Gasteiger partial charge in [0.2, 0.25) is 0 Å². The van der Waals surface area contributed by atoms with Crippen LogP contribution in [-0.2, 0) is 0 Å². The van der Waals surface area contributed by atoms with Crippen LogP contribution in [0.2, 0.25) is 0 Å². The Morgan fingerprint density at radius 2 is 2.37 bits per heavy atom. The second-order valence-corrected chi connectivity index (χ2v) is 4.74. The van der Waals surface area contributed by atoms with E-state index in [4.69, 9.17) is 4.42 Å². The van der Waals surface area contributed by atoms with Gasteiger partial charge in [0.05, 0.1) is 0 Å². The summed E-state index contributed by atoms with van der Waals surface area (Å²) >= 11 is 1.28. The largest absolute Gasteiger partial charge is 0.456 e. The molecule has 0 saturated heterocycles. The number of rotatable bonds is 4. The van der Waals surface area contributed by atoms with Gasteiger partial charge in [0.15, 0.2) is 11.4 Å². The predicted molar refractivity (Wildman–Crippen MR) is 71.6 cm³/mol. The Morgan fingerprint density at radius 1 is 1.47 bits per heavy atom. The highest BCUT2D eigenvalue weighted by Crippen LogP contribution is 2.29. The molecule has 2 heterocycles. The van der Waals surface area contributed by atoms with Gasteiger partial charge in [-0.1, -0.05) is 23.5 Å². The van der Waals surface area contributed by atoms with Gasteiger partial charge in [-0.2, -0.15) is 0 Å². The Bertz CT molecular complexity index is 680. The monoisotopic (exact) mass is 277 g/mol. The summed E-state index contributed by atoms with van der Waals surface area (Å²) in [5, 5.41) is 9.94. The van der Waals surface area contributed by atoms with Crippen LogP contribution in [0.3, 0.4) is 0 Å². The van der Waals surface area contributed by atoms with E-state index in [1.807, 2.05) is 24.4 Å². The summed E-state index contributed by atoms with van der Waals surface area (Å²) in [5.41, 5.74) is 1.06. The number of nitrogens with zero attached hydrogens (tertiary/aromatic N) is 2. The zero-order chi connectivity index (χ0) is 13.2. The van der Waals surface area contributed by atoms with Crippen molar-refractivity contribution in [3.05, 3.63) is 46.9 Å². The van der Waals surface area contributed by atoms with Crippen molar-refractivity contribution in [1.29, 1.82) is 0 Å². The van der Waals surface area contributed by atoms with Gasteiger partial charge in [-0.25, -0.2) is 4.39 Å². The number of halogens is 1. The van der Waals surface area contributed by atoms with Crippen LogP contribution in [0.25, 0.3) is 11.0 Å². The van der Waals surface area contributed by atoms with Crippen LogP contribution in [-0.4, -0.2) is 16.1 Å². The fourth-order valence-electron chi connectivity index (χ4n) is 2.04. The van der Waals surface area contributed by atoms with Crippen LogP contribution in [0.5, 0.6) is 0 Å². The lowest BCUT2D eigenvalue weighted by molar-refractivity contribution is 0.459. The zero-order valence-electron chi connectivity index (χ0n) is 10.3. The van der Waals surface area contributed by atoms with Crippen LogP contribution < -0.4 is 5.32 Å². The summed E-state index contributed by atoms with van der Waals surface area (Å²) < 4.78 is 23.1. The molecule has 3 rings (SSSR count). The highest BCUT2D eigenvalue weighted by Gasteiger charge is 2.20. The molecule has 0 aliphatic heterocycles. The first kappa shape index (κ1) is 12.3. The van der Waals surface area contributed by atoms with Crippen LogP contribution in [0, 0.1) is 5.82 Å². The Labute approximate surface area is 113 Å². The average molecular weight is 277 g/mol. The van der Waals surface area contributed by atoms with E-state index in [0.717, 1.165) is 17.6 Å². The van der Waals surface area contributed by atoms with Gasteiger partial charge in [-0.15, -0.1) is 5.10 Å². The van der Waals surface area contributed by atoms with E-state index in [0.29, 0.717) is 5.76 Å². The summed E-state index contributed by atoms with van der Waals surface area (Å²) in [7, 11) is 0. The number of nitrogens with one attached hydrogen (secondary N) is 1. The molecular formula is C13H12FN3OS. The molecule has 6 heteroatoms. The number of aromatic nitrogens is 2. The summed E-state index contributed by atoms with van der Waals surface area (Å²) in [6, 6.07) is 6.53. The van der Waals surface area contributed by atoms with Crippen molar-refractivity contribution >= 4 is 22.5 Å². The maximum absolute atomic E-state index is 13.7. The van der Waals surface area contributed by atoms with E-state index in [2.05, 4.69) is 14.9 Å². The first-order chi connectivity index (χ1) is 9.29. The van der Waals surface area contributed by atoms with Crippen LogP contribution >= 0.6 is 11.5 Å². The maximum atomic E-state index is 13.7. The summed E-state index contributed by atoms with van der Waals surface area (Å²) in [6.07, 6.45) is 0. The third-order valence-electron chi connectivity index (χ3n) is 2.88. The molecule has 0 spiro atoms. The molecule has 0 amide bonds. The summed E-state index contributed by atoms with van der Waals surface area (Å²) in [4.78, 5) is 0. The highest BCUT2D eigenvalue weighted by molar-refractivity contribution is 7.03. The minimum absolute atomic E-state index is 0.199. The van der Waals surface area contributed by atoms with Crippen LogP contribution in [0.1, 0.15) is 24.4 Å². The molecule has 3 aromatic rings. The standard InChI is InChI=1S/C13H12FN3OS/c1-2-15-12(10-7-19-17-16-10)11-6-8-4-3-5-9(14)13(8)18-11/h3-7,12,15H,2H2,1H3. The maximum Gasteiger partial charge on any atom is 0.169 e. The molecule has 0 fully saturated rings. The van der Waals surface area contributed by atoms with E-state index in [9.17, 15) is 4.39 Å². The van der Waals surface area contributed by atoms with Gasteiger partial charge in [0.1, 0.15) is 17.5 Å². The van der Waals surface area contributed by atoms with Crippen molar-refractivity contribution in [2.45, 2.75) is 13.0 Å². The van der Waals surface area contributed by atoms with Crippen molar-refractivity contribution in [1.82, 2.24) is 14.9 Å². The van der Waals surface area contributed by atoms with Gasteiger partial charge < -0.3 is 9.73 Å². The molecule has 19 heavy (non-hydrogen) atoms. The van der Waals surface area contributed by atoms with Crippen molar-refractivity contribution in [3.8, 4) is 0 Å². The Kier molecular flexibility index (Phi) is 3.27. The summed E-state index contributed by atoms with van der Waals surface area (Å²) in [5.74, 6) is 0.296. The molecule has 1 unspecified atom stereocenters. The van der Waals surface area contributed by atoms with Crippen LogP contribution in [0.15, 0.2) is 34.1 Å². The fraction of sp³-hybridized carbons (Fsp3) is 0.231. The van der Waals surface area contributed by atoms with Crippen molar-refractivity contribution in [3.63, 3.8) is 0 Å². The van der Waals surface area contributed by atoms with Gasteiger partial charge in [0.25, 0.3) is 0 Å². The first-order valence-corrected chi connectivity index (χ1v) is 6.81. The number of para-hydroxylation sites is 1. The molecule has 0 saturated carbocycles. The number of hydrogen-bond acceptors (Lipinski definition) is 5. The molecule has 4 nitrogen and oxygen atoms in total. The molecular weight excluding hydrogens is 265 g/mol. The second-order valence-electron chi connectivity index (χ2n) is 4.13. The predicted octanol–water partition coefficient (Wildman–Crippen LogP) is 3.12. The number of fused-ring (bicyclic) bond motifs is 1. The fourth-order valence-corrected chi connectivity index (χ4v) is 2.52. The number of benzene rings is 1.